The average molecular weight is 421 g/mol. The fourth-order valence-electron chi connectivity index (χ4n) is 3.45. The Kier molecular flexibility index (Phi) is 8.52. The van der Waals surface area contributed by atoms with Gasteiger partial charge in [0.1, 0.15) is 5.75 Å². The van der Waals surface area contributed by atoms with E-state index in [4.69, 9.17) is 4.74 Å². The summed E-state index contributed by atoms with van der Waals surface area (Å²) in [6.07, 6.45) is 6.38. The molecule has 0 saturated carbocycles. The Morgan fingerprint density at radius 3 is 2.61 bits per heavy atom. The Morgan fingerprint density at radius 1 is 1.16 bits per heavy atom. The van der Waals surface area contributed by atoms with Crippen LogP contribution in [0.15, 0.2) is 73.3 Å². The quantitative estimate of drug-likeness (QED) is 0.490. The zero-order valence-corrected chi connectivity index (χ0v) is 18.4. The van der Waals surface area contributed by atoms with Crippen LogP contribution >= 0.6 is 0 Å². The second kappa shape index (κ2) is 11.8. The van der Waals surface area contributed by atoms with Crippen LogP contribution in [0.25, 0.3) is 0 Å². The van der Waals surface area contributed by atoms with Gasteiger partial charge in [-0.25, -0.2) is 9.78 Å². The lowest BCUT2D eigenvalue weighted by Crippen LogP contribution is -2.41. The molecule has 1 N–H and O–H groups in total. The number of urea groups is 1. The van der Waals surface area contributed by atoms with Gasteiger partial charge in [0, 0.05) is 38.6 Å². The van der Waals surface area contributed by atoms with Crippen molar-refractivity contribution in [3.63, 3.8) is 0 Å². The Hall–Kier alpha value is -3.28. The molecule has 1 atom stereocenters. The van der Waals surface area contributed by atoms with E-state index < -0.39 is 0 Å². The standard InChI is InChI=1S/C25H32N4O2/c1-3-31-24-12-10-22(11-13-24)19-29(16-7-15-28-17-14-26-20-28)25(30)27-18-21(2)23-8-5-4-6-9-23/h4-6,8-14,17,20-21H,3,7,15-16,18-19H2,1-2H3,(H,27,30). The molecular formula is C25H32N4O2. The van der Waals surface area contributed by atoms with Crippen LogP contribution in [0.4, 0.5) is 4.79 Å². The molecule has 3 rings (SSSR count). The summed E-state index contributed by atoms with van der Waals surface area (Å²) >= 11 is 0. The molecule has 2 amide bonds. The van der Waals surface area contributed by atoms with Crippen molar-refractivity contribution >= 4 is 6.03 Å². The molecule has 6 heteroatoms. The predicted molar refractivity (Wildman–Crippen MR) is 123 cm³/mol. The van der Waals surface area contributed by atoms with Crippen LogP contribution in [0.1, 0.15) is 37.3 Å². The number of hydrogen-bond donors (Lipinski definition) is 1. The summed E-state index contributed by atoms with van der Waals surface area (Å²) in [5.74, 6) is 1.10. The van der Waals surface area contributed by atoms with Crippen LogP contribution in [0.3, 0.4) is 0 Å². The van der Waals surface area contributed by atoms with E-state index in [1.54, 1.807) is 12.5 Å². The highest BCUT2D eigenvalue weighted by Crippen LogP contribution is 2.15. The van der Waals surface area contributed by atoms with Crippen LogP contribution < -0.4 is 10.1 Å². The number of rotatable bonds is 11. The maximum absolute atomic E-state index is 13.0. The van der Waals surface area contributed by atoms with Gasteiger partial charge in [-0.05, 0) is 42.5 Å². The molecule has 31 heavy (non-hydrogen) atoms. The number of imidazole rings is 1. The van der Waals surface area contributed by atoms with Crippen molar-refractivity contribution in [2.45, 2.75) is 39.3 Å². The van der Waals surface area contributed by atoms with Crippen molar-refractivity contribution in [2.24, 2.45) is 0 Å². The van der Waals surface area contributed by atoms with E-state index in [2.05, 4.69) is 29.4 Å². The number of carbonyl (C=O) groups is 1. The Labute approximate surface area is 184 Å². The number of ether oxygens (including phenoxy) is 1. The van der Waals surface area contributed by atoms with Gasteiger partial charge in [-0.15, -0.1) is 0 Å². The highest BCUT2D eigenvalue weighted by atomic mass is 16.5. The first kappa shape index (κ1) is 22.4. The number of hydrogen-bond acceptors (Lipinski definition) is 3. The minimum absolute atomic E-state index is 0.0395. The van der Waals surface area contributed by atoms with E-state index in [0.717, 1.165) is 24.3 Å². The maximum atomic E-state index is 13.0. The number of benzene rings is 2. The Morgan fingerprint density at radius 2 is 1.94 bits per heavy atom. The lowest BCUT2D eigenvalue weighted by molar-refractivity contribution is 0.193. The summed E-state index contributed by atoms with van der Waals surface area (Å²) in [7, 11) is 0. The third-order valence-electron chi connectivity index (χ3n) is 5.23. The SMILES string of the molecule is CCOc1ccc(CN(CCCn2ccnc2)C(=O)NCC(C)c2ccccc2)cc1. The number of nitrogens with zero attached hydrogens (tertiary/aromatic N) is 3. The highest BCUT2D eigenvalue weighted by Gasteiger charge is 2.15. The van der Waals surface area contributed by atoms with Crippen molar-refractivity contribution in [3.8, 4) is 5.75 Å². The number of carbonyl (C=O) groups excluding carboxylic acids is 1. The molecule has 0 bridgehead atoms. The molecule has 6 nitrogen and oxygen atoms in total. The fourth-order valence-corrected chi connectivity index (χ4v) is 3.45. The van der Waals surface area contributed by atoms with Crippen molar-refractivity contribution in [1.29, 1.82) is 0 Å². The zero-order valence-electron chi connectivity index (χ0n) is 18.4. The highest BCUT2D eigenvalue weighted by molar-refractivity contribution is 5.74. The van der Waals surface area contributed by atoms with Crippen molar-refractivity contribution < 1.29 is 9.53 Å². The molecule has 1 aromatic heterocycles. The minimum Gasteiger partial charge on any atom is -0.494 e. The Balaban J connectivity index is 1.59. The first-order valence-electron chi connectivity index (χ1n) is 10.9. The van der Waals surface area contributed by atoms with Crippen LogP contribution in [0.2, 0.25) is 0 Å². The molecule has 0 fully saturated rings. The van der Waals surface area contributed by atoms with Gasteiger partial charge in [0.05, 0.1) is 12.9 Å². The van der Waals surface area contributed by atoms with Gasteiger partial charge in [0.15, 0.2) is 0 Å². The average Bonchev–Trinajstić information content (AvgIpc) is 3.32. The smallest absolute Gasteiger partial charge is 0.317 e. The summed E-state index contributed by atoms with van der Waals surface area (Å²) in [5, 5.41) is 3.12. The molecule has 0 aliphatic carbocycles. The largest absolute Gasteiger partial charge is 0.494 e. The van der Waals surface area contributed by atoms with Gasteiger partial charge in [-0.2, -0.15) is 0 Å². The normalized spacial score (nSPS) is 11.7. The third kappa shape index (κ3) is 7.17. The molecule has 1 unspecified atom stereocenters. The summed E-state index contributed by atoms with van der Waals surface area (Å²) in [6, 6.07) is 18.2. The molecule has 164 valence electrons. The molecule has 0 radical (unpaired) electrons. The minimum atomic E-state index is -0.0395. The van der Waals surface area contributed by atoms with Gasteiger partial charge in [-0.1, -0.05) is 49.4 Å². The van der Waals surface area contributed by atoms with Crippen LogP contribution in [-0.4, -0.2) is 40.2 Å². The van der Waals surface area contributed by atoms with E-state index in [1.807, 2.05) is 65.1 Å². The second-order valence-electron chi connectivity index (χ2n) is 7.65. The van der Waals surface area contributed by atoms with E-state index in [9.17, 15) is 4.79 Å². The lowest BCUT2D eigenvalue weighted by atomic mass is 10.0. The number of aromatic nitrogens is 2. The molecule has 0 aliphatic heterocycles. The fraction of sp³-hybridized carbons (Fsp3) is 0.360. The zero-order chi connectivity index (χ0) is 21.9. The van der Waals surface area contributed by atoms with Crippen LogP contribution in [0.5, 0.6) is 5.75 Å². The van der Waals surface area contributed by atoms with Crippen LogP contribution in [0, 0.1) is 0 Å². The number of aryl methyl sites for hydroxylation is 1. The van der Waals surface area contributed by atoms with Gasteiger partial charge < -0.3 is 19.5 Å². The van der Waals surface area contributed by atoms with Gasteiger partial charge >= 0.3 is 6.03 Å². The monoisotopic (exact) mass is 420 g/mol. The molecule has 2 aromatic carbocycles. The van der Waals surface area contributed by atoms with Gasteiger partial charge in [-0.3, -0.25) is 0 Å². The van der Waals surface area contributed by atoms with E-state index in [1.165, 1.54) is 5.56 Å². The Bertz CT molecular complexity index is 895. The third-order valence-corrected chi connectivity index (χ3v) is 5.23. The van der Waals surface area contributed by atoms with Gasteiger partial charge in [0.25, 0.3) is 0 Å². The lowest BCUT2D eigenvalue weighted by Gasteiger charge is -2.24. The molecule has 0 aliphatic rings. The van der Waals surface area contributed by atoms with E-state index in [0.29, 0.717) is 26.2 Å². The molecule has 0 spiro atoms. The second-order valence-corrected chi connectivity index (χ2v) is 7.65. The first-order chi connectivity index (χ1) is 15.2. The summed E-state index contributed by atoms with van der Waals surface area (Å²) in [5.41, 5.74) is 2.30. The molecular weight excluding hydrogens is 388 g/mol. The van der Waals surface area contributed by atoms with E-state index in [-0.39, 0.29) is 11.9 Å². The van der Waals surface area contributed by atoms with Gasteiger partial charge in [0.2, 0.25) is 0 Å². The first-order valence-corrected chi connectivity index (χ1v) is 10.9. The summed E-state index contributed by atoms with van der Waals surface area (Å²) < 4.78 is 7.56. The molecule has 1 heterocycles. The van der Waals surface area contributed by atoms with Crippen LogP contribution in [-0.2, 0) is 13.1 Å². The summed E-state index contributed by atoms with van der Waals surface area (Å²) in [6.45, 7) is 7.39. The summed E-state index contributed by atoms with van der Waals surface area (Å²) in [4.78, 5) is 19.0. The van der Waals surface area contributed by atoms with E-state index >= 15 is 0 Å². The van der Waals surface area contributed by atoms with Crippen molar-refractivity contribution in [1.82, 2.24) is 19.8 Å². The predicted octanol–water partition coefficient (Wildman–Crippen LogP) is 4.69. The van der Waals surface area contributed by atoms with Crippen molar-refractivity contribution in [2.75, 3.05) is 19.7 Å². The maximum Gasteiger partial charge on any atom is 0.317 e. The number of nitrogens with one attached hydrogen (secondary N) is 1. The topological polar surface area (TPSA) is 59.4 Å². The number of amides is 2. The van der Waals surface area contributed by atoms with Crippen molar-refractivity contribution in [3.05, 3.63) is 84.4 Å². The molecule has 3 aromatic rings. The molecule has 0 saturated heterocycles.